The second-order valence-corrected chi connectivity index (χ2v) is 10.1. The van der Waals surface area contributed by atoms with Gasteiger partial charge < -0.3 is 10.1 Å². The summed E-state index contributed by atoms with van der Waals surface area (Å²) in [5, 5.41) is 2.66. The Hall–Kier alpha value is -1.51. The Labute approximate surface area is 175 Å². The Morgan fingerprint density at radius 3 is 2.90 bits per heavy atom. The van der Waals surface area contributed by atoms with Crippen LogP contribution in [0, 0.1) is 22.7 Å². The largest absolute Gasteiger partial charge is 0.460 e. The van der Waals surface area contributed by atoms with Crippen molar-refractivity contribution < 1.29 is 28.3 Å². The molecule has 0 radical (unpaired) electrons. The Kier molecular flexibility index (Phi) is 5.46. The molecule has 4 aliphatic rings. The van der Waals surface area contributed by atoms with E-state index in [1.165, 1.54) is 5.57 Å². The molecule has 2 saturated heterocycles. The van der Waals surface area contributed by atoms with Gasteiger partial charge in [0.05, 0.1) is 24.3 Å². The number of hydrogen-bond acceptors (Lipinski definition) is 6. The highest BCUT2D eigenvalue weighted by molar-refractivity contribution is 7.75. The first-order chi connectivity index (χ1) is 13.8. The van der Waals surface area contributed by atoms with Crippen molar-refractivity contribution in [3.63, 3.8) is 0 Å². The summed E-state index contributed by atoms with van der Waals surface area (Å²) in [6, 6.07) is -0.385. The normalized spacial score (nSPS) is 46.0. The van der Waals surface area contributed by atoms with E-state index in [4.69, 9.17) is 13.1 Å². The molecule has 7 atom stereocenters. The van der Waals surface area contributed by atoms with Gasteiger partial charge in [0.1, 0.15) is 6.61 Å². The van der Waals surface area contributed by atoms with E-state index < -0.39 is 11.4 Å². The molecule has 2 aliphatic heterocycles. The highest BCUT2D eigenvalue weighted by Crippen LogP contribution is 2.63. The molecule has 2 aliphatic carbocycles. The minimum absolute atomic E-state index is 0. The zero-order valence-corrected chi connectivity index (χ0v) is 17.8. The third-order valence-electron chi connectivity index (χ3n) is 7.81. The summed E-state index contributed by atoms with van der Waals surface area (Å²) >= 11 is -1.66. The van der Waals surface area contributed by atoms with Gasteiger partial charge in [0.15, 0.2) is 0 Å². The van der Waals surface area contributed by atoms with Gasteiger partial charge in [-0.25, -0.2) is 4.79 Å². The van der Waals surface area contributed by atoms with Gasteiger partial charge in [-0.15, -0.1) is 0 Å². The number of amides is 1. The topological polar surface area (TPSA) is 90.9 Å². The van der Waals surface area contributed by atoms with Crippen LogP contribution in [-0.4, -0.2) is 41.9 Å². The summed E-state index contributed by atoms with van der Waals surface area (Å²) in [4.78, 5) is 23.0. The predicted molar refractivity (Wildman–Crippen MR) is 109 cm³/mol. The van der Waals surface area contributed by atoms with Gasteiger partial charge in [0, 0.05) is 6.84 Å². The van der Waals surface area contributed by atoms with E-state index in [1.54, 1.807) is 0 Å². The van der Waals surface area contributed by atoms with Crippen LogP contribution in [0.3, 0.4) is 0 Å². The number of carbonyl (C=O) groups excluding carboxylic acids is 2. The molecule has 4 fully saturated rings. The molecule has 0 aromatic carbocycles. The van der Waals surface area contributed by atoms with Crippen molar-refractivity contribution in [3.8, 4) is 0 Å². The van der Waals surface area contributed by atoms with E-state index in [-0.39, 0.29) is 42.9 Å². The smallest absolute Gasteiger partial charge is 0.336 e. The SMILES string of the molecule is C=C1CC[C@@H]2[C@]3(C)COS(=O)O[C@@H]3CC[C@@]2(C)[C@@H]1C/C=C1\C(=O)OC[C@H]1NC=O.[HH]. The second kappa shape index (κ2) is 7.63. The van der Waals surface area contributed by atoms with E-state index in [2.05, 4.69) is 25.7 Å². The van der Waals surface area contributed by atoms with Crippen LogP contribution in [0.4, 0.5) is 0 Å². The maximum Gasteiger partial charge on any atom is 0.336 e. The molecule has 0 bridgehead atoms. The minimum Gasteiger partial charge on any atom is -0.460 e. The summed E-state index contributed by atoms with van der Waals surface area (Å²) in [5.41, 5.74) is 1.52. The van der Waals surface area contributed by atoms with Gasteiger partial charge in [-0.2, -0.15) is 4.21 Å². The van der Waals surface area contributed by atoms with Gasteiger partial charge in [-0.05, 0) is 49.4 Å². The molecule has 162 valence electrons. The molecule has 1 amide bonds. The molecule has 2 heterocycles. The third kappa shape index (κ3) is 3.39. The number of fused-ring (bicyclic) bond motifs is 3. The fourth-order valence-corrected chi connectivity index (χ4v) is 7.13. The Morgan fingerprint density at radius 2 is 2.14 bits per heavy atom. The van der Waals surface area contributed by atoms with E-state index in [0.29, 0.717) is 30.9 Å². The lowest BCUT2D eigenvalue weighted by atomic mass is 9.46. The molecular formula is C21H31NO6S. The fourth-order valence-electron chi connectivity index (χ4n) is 6.22. The summed E-state index contributed by atoms with van der Waals surface area (Å²) in [6.07, 6.45) is 6.85. The monoisotopic (exact) mass is 425 g/mol. The maximum atomic E-state index is 12.1. The van der Waals surface area contributed by atoms with E-state index in [9.17, 15) is 13.8 Å². The highest BCUT2D eigenvalue weighted by Gasteiger charge is 2.60. The summed E-state index contributed by atoms with van der Waals surface area (Å²) in [5.74, 6) is 0.198. The molecular weight excluding hydrogens is 394 g/mol. The number of cyclic esters (lactones) is 1. The van der Waals surface area contributed by atoms with Gasteiger partial charge in [0.2, 0.25) is 6.41 Å². The van der Waals surface area contributed by atoms with Crippen molar-refractivity contribution in [1.82, 2.24) is 5.32 Å². The van der Waals surface area contributed by atoms with E-state index >= 15 is 0 Å². The molecule has 29 heavy (non-hydrogen) atoms. The number of carbonyl (C=O) groups is 2. The lowest BCUT2D eigenvalue weighted by Crippen LogP contribution is -2.60. The third-order valence-corrected chi connectivity index (χ3v) is 8.51. The van der Waals surface area contributed by atoms with Gasteiger partial charge in [0.25, 0.3) is 0 Å². The number of rotatable bonds is 4. The van der Waals surface area contributed by atoms with Crippen LogP contribution < -0.4 is 5.32 Å². The van der Waals surface area contributed by atoms with Gasteiger partial charge >= 0.3 is 17.3 Å². The Balaban J connectivity index is 0.00000256. The van der Waals surface area contributed by atoms with Crippen LogP contribution in [0.15, 0.2) is 23.8 Å². The average molecular weight is 426 g/mol. The van der Waals surface area contributed by atoms with Crippen molar-refractivity contribution in [2.45, 2.75) is 58.1 Å². The highest BCUT2D eigenvalue weighted by atomic mass is 32.2. The average Bonchev–Trinajstić information content (AvgIpc) is 3.02. The van der Waals surface area contributed by atoms with Crippen LogP contribution in [0.5, 0.6) is 0 Å². The molecule has 7 nitrogen and oxygen atoms in total. The Morgan fingerprint density at radius 1 is 1.34 bits per heavy atom. The fraction of sp³-hybridized carbons (Fsp3) is 0.714. The summed E-state index contributed by atoms with van der Waals surface area (Å²) in [6.45, 7) is 9.48. The van der Waals surface area contributed by atoms with Crippen molar-refractivity contribution >= 4 is 23.7 Å². The summed E-state index contributed by atoms with van der Waals surface area (Å²) in [7, 11) is 0. The lowest BCUT2D eigenvalue weighted by Gasteiger charge is -2.61. The molecule has 4 rings (SSSR count). The number of ether oxygens (including phenoxy) is 1. The minimum atomic E-state index is -1.66. The molecule has 8 heteroatoms. The van der Waals surface area contributed by atoms with Crippen molar-refractivity contribution in [2.24, 2.45) is 22.7 Å². The number of allylic oxidation sites excluding steroid dienone is 2. The lowest BCUT2D eigenvalue weighted by molar-refractivity contribution is -0.154. The number of hydrogen-bond donors (Lipinski definition) is 1. The van der Waals surface area contributed by atoms with E-state index in [0.717, 1.165) is 25.7 Å². The maximum absolute atomic E-state index is 12.1. The number of esters is 1. The summed E-state index contributed by atoms with van der Waals surface area (Å²) < 4.78 is 27.9. The van der Waals surface area contributed by atoms with E-state index in [1.807, 2.05) is 6.08 Å². The van der Waals surface area contributed by atoms with Crippen LogP contribution in [0.2, 0.25) is 0 Å². The van der Waals surface area contributed by atoms with Crippen LogP contribution in [0.25, 0.3) is 0 Å². The van der Waals surface area contributed by atoms with Crippen molar-refractivity contribution in [3.05, 3.63) is 23.8 Å². The van der Waals surface area contributed by atoms with Crippen molar-refractivity contribution in [2.75, 3.05) is 13.2 Å². The van der Waals surface area contributed by atoms with Crippen LogP contribution in [0.1, 0.15) is 47.4 Å². The molecule has 1 unspecified atom stereocenters. The standard InChI is InChI=1S/C21H29NO6S.H2/c1-13-4-7-17-20(2,9-8-18-21(17,3)11-27-29(25)28-18)15(13)6-5-14-16(22-12-23)10-26-19(14)24;/h5,12,15-18H,1,4,6-11H2,2-3H3,(H,22,23);1H/b14-5-;/t15-,16-,17+,18-,20+,21+,29?;/m1./s1. The first-order valence-electron chi connectivity index (χ1n) is 10.3. The van der Waals surface area contributed by atoms with Gasteiger partial charge in [-0.3, -0.25) is 13.2 Å². The molecule has 0 aromatic rings. The molecule has 0 spiro atoms. The first-order valence-corrected chi connectivity index (χ1v) is 11.3. The number of nitrogens with one attached hydrogen (secondary N) is 1. The molecule has 0 aromatic heterocycles. The second-order valence-electron chi connectivity index (χ2n) is 9.23. The quantitative estimate of drug-likeness (QED) is 0.322. The van der Waals surface area contributed by atoms with Gasteiger partial charge in [-0.1, -0.05) is 32.1 Å². The van der Waals surface area contributed by atoms with Crippen LogP contribution >= 0.6 is 0 Å². The van der Waals surface area contributed by atoms with Crippen LogP contribution in [-0.2, 0) is 34.1 Å². The molecule has 2 saturated carbocycles. The zero-order chi connectivity index (χ0) is 20.8. The zero-order valence-electron chi connectivity index (χ0n) is 17.0. The first kappa shape index (κ1) is 20.8. The van der Waals surface area contributed by atoms with Crippen molar-refractivity contribution in [1.29, 1.82) is 0 Å². The predicted octanol–water partition coefficient (Wildman–Crippen LogP) is 2.60. The Bertz CT molecular complexity index is 787. The molecule has 1 N–H and O–H groups in total.